The summed E-state index contributed by atoms with van der Waals surface area (Å²) in [4.78, 5) is 22.9. The van der Waals surface area contributed by atoms with Crippen molar-refractivity contribution in [2.75, 3.05) is 6.54 Å². The molecule has 1 saturated carbocycles. The van der Waals surface area contributed by atoms with Gasteiger partial charge in [0.05, 0.1) is 5.52 Å². The van der Waals surface area contributed by atoms with E-state index in [9.17, 15) is 9.59 Å². The van der Waals surface area contributed by atoms with E-state index in [2.05, 4.69) is 5.32 Å². The number of rotatable bonds is 4. The van der Waals surface area contributed by atoms with Crippen LogP contribution in [0.25, 0.3) is 11.1 Å². The zero-order valence-electron chi connectivity index (χ0n) is 10.8. The largest absolute Gasteiger partial charge is 0.419 e. The van der Waals surface area contributed by atoms with Gasteiger partial charge in [-0.2, -0.15) is 0 Å². The van der Waals surface area contributed by atoms with Crippen molar-refractivity contribution in [2.45, 2.75) is 19.3 Å². The lowest BCUT2D eigenvalue weighted by Gasteiger charge is -2.04. The van der Waals surface area contributed by atoms with Crippen LogP contribution in [-0.4, -0.2) is 17.0 Å². The van der Waals surface area contributed by atoms with E-state index in [1.165, 1.54) is 4.57 Å². The number of oxazole rings is 1. The monoisotopic (exact) mass is 260 g/mol. The number of aromatic nitrogens is 1. The summed E-state index contributed by atoms with van der Waals surface area (Å²) in [5.41, 5.74) is 2.47. The highest BCUT2D eigenvalue weighted by Crippen LogP contribution is 2.28. The van der Waals surface area contributed by atoms with Crippen LogP contribution in [0.3, 0.4) is 0 Å². The molecule has 1 aromatic carbocycles. The summed E-state index contributed by atoms with van der Waals surface area (Å²) >= 11 is 0. The van der Waals surface area contributed by atoms with E-state index < -0.39 is 0 Å². The van der Waals surface area contributed by atoms with Crippen molar-refractivity contribution in [2.24, 2.45) is 13.0 Å². The first-order chi connectivity index (χ1) is 9.15. The Kier molecular flexibility index (Phi) is 2.89. The lowest BCUT2D eigenvalue weighted by Crippen LogP contribution is -2.26. The SMILES string of the molecule is Cn1c(=O)oc2ccc(CCNC(=O)C3CC3)cc21. The van der Waals surface area contributed by atoms with Gasteiger partial charge < -0.3 is 9.73 Å². The Bertz CT molecular complexity index is 680. The summed E-state index contributed by atoms with van der Waals surface area (Å²) in [5.74, 6) is 0.0585. The van der Waals surface area contributed by atoms with Gasteiger partial charge in [-0.1, -0.05) is 6.07 Å². The van der Waals surface area contributed by atoms with E-state index >= 15 is 0 Å². The lowest BCUT2D eigenvalue weighted by molar-refractivity contribution is -0.122. The zero-order chi connectivity index (χ0) is 13.4. The zero-order valence-corrected chi connectivity index (χ0v) is 10.8. The van der Waals surface area contributed by atoms with Gasteiger partial charge in [-0.3, -0.25) is 9.36 Å². The standard InChI is InChI=1S/C14H16N2O3/c1-16-11-8-9(2-5-12(11)19-14(16)18)6-7-15-13(17)10-3-4-10/h2,5,8,10H,3-4,6-7H2,1H3,(H,15,17). The molecule has 0 saturated heterocycles. The third kappa shape index (κ3) is 2.41. The minimum Gasteiger partial charge on any atom is -0.408 e. The summed E-state index contributed by atoms with van der Waals surface area (Å²) in [6.45, 7) is 0.632. The van der Waals surface area contributed by atoms with Crippen LogP contribution < -0.4 is 11.1 Å². The van der Waals surface area contributed by atoms with Gasteiger partial charge in [0, 0.05) is 19.5 Å². The van der Waals surface area contributed by atoms with Crippen molar-refractivity contribution in [3.05, 3.63) is 34.3 Å². The predicted octanol–water partition coefficient (Wildman–Crippen LogP) is 1.20. The second-order valence-corrected chi connectivity index (χ2v) is 5.04. The summed E-state index contributed by atoms with van der Waals surface area (Å²) in [5, 5.41) is 2.93. The van der Waals surface area contributed by atoms with Crippen molar-refractivity contribution < 1.29 is 9.21 Å². The number of hydrogen-bond acceptors (Lipinski definition) is 3. The van der Waals surface area contributed by atoms with Gasteiger partial charge >= 0.3 is 5.76 Å². The molecule has 0 radical (unpaired) electrons. The van der Waals surface area contributed by atoms with E-state index in [0.717, 1.165) is 30.3 Å². The molecule has 3 rings (SSSR count). The Hall–Kier alpha value is -2.04. The second-order valence-electron chi connectivity index (χ2n) is 5.04. The van der Waals surface area contributed by atoms with Gasteiger partial charge in [-0.25, -0.2) is 4.79 Å². The molecular weight excluding hydrogens is 244 g/mol. The van der Waals surface area contributed by atoms with E-state index in [0.29, 0.717) is 12.1 Å². The predicted molar refractivity (Wildman–Crippen MR) is 70.9 cm³/mol. The number of carbonyl (C=O) groups is 1. The molecule has 1 amide bonds. The number of benzene rings is 1. The van der Waals surface area contributed by atoms with Crippen molar-refractivity contribution in [1.29, 1.82) is 0 Å². The molecule has 0 aliphatic heterocycles. The smallest absolute Gasteiger partial charge is 0.408 e. The molecule has 1 aliphatic rings. The third-order valence-corrected chi connectivity index (χ3v) is 3.52. The maximum absolute atomic E-state index is 11.5. The van der Waals surface area contributed by atoms with Crippen LogP contribution in [0.2, 0.25) is 0 Å². The topological polar surface area (TPSA) is 64.2 Å². The molecule has 0 unspecified atom stereocenters. The molecule has 0 atom stereocenters. The molecular formula is C14H16N2O3. The van der Waals surface area contributed by atoms with Gasteiger partial charge in [-0.05, 0) is 37.0 Å². The number of aryl methyl sites for hydroxylation is 1. The number of nitrogens with one attached hydrogen (secondary N) is 1. The fraction of sp³-hybridized carbons (Fsp3) is 0.429. The average molecular weight is 260 g/mol. The average Bonchev–Trinajstić information content (AvgIpc) is 3.20. The van der Waals surface area contributed by atoms with Gasteiger partial charge in [0.15, 0.2) is 5.58 Å². The molecule has 1 heterocycles. The van der Waals surface area contributed by atoms with Crippen molar-refractivity contribution in [1.82, 2.24) is 9.88 Å². The molecule has 5 nitrogen and oxygen atoms in total. The van der Waals surface area contributed by atoms with E-state index in [-0.39, 0.29) is 17.6 Å². The number of nitrogens with zero attached hydrogens (tertiary/aromatic N) is 1. The summed E-state index contributed by atoms with van der Waals surface area (Å²) in [7, 11) is 1.69. The molecule has 19 heavy (non-hydrogen) atoms. The Balaban J connectivity index is 1.68. The van der Waals surface area contributed by atoms with E-state index in [1.807, 2.05) is 12.1 Å². The maximum Gasteiger partial charge on any atom is 0.419 e. The number of hydrogen-bond donors (Lipinski definition) is 1. The van der Waals surface area contributed by atoms with Crippen LogP contribution in [-0.2, 0) is 18.3 Å². The molecule has 1 aliphatic carbocycles. The Morgan fingerprint density at radius 2 is 2.26 bits per heavy atom. The summed E-state index contributed by atoms with van der Waals surface area (Å²) in [6, 6.07) is 5.66. The highest BCUT2D eigenvalue weighted by atomic mass is 16.4. The minimum absolute atomic E-state index is 0.164. The van der Waals surface area contributed by atoms with Crippen LogP contribution in [0.4, 0.5) is 0 Å². The van der Waals surface area contributed by atoms with Gasteiger partial charge in [-0.15, -0.1) is 0 Å². The molecule has 1 N–H and O–H groups in total. The van der Waals surface area contributed by atoms with E-state index in [1.54, 1.807) is 13.1 Å². The summed E-state index contributed by atoms with van der Waals surface area (Å²) < 4.78 is 6.56. The van der Waals surface area contributed by atoms with Crippen molar-refractivity contribution >= 4 is 17.0 Å². The Labute approximate surface area is 110 Å². The number of carbonyl (C=O) groups excluding carboxylic acids is 1. The van der Waals surface area contributed by atoms with Gasteiger partial charge in [0.25, 0.3) is 0 Å². The van der Waals surface area contributed by atoms with Crippen LogP contribution in [0.1, 0.15) is 18.4 Å². The van der Waals surface area contributed by atoms with Crippen LogP contribution >= 0.6 is 0 Å². The molecule has 100 valence electrons. The number of amides is 1. The van der Waals surface area contributed by atoms with Crippen LogP contribution in [0, 0.1) is 5.92 Å². The molecule has 5 heteroatoms. The van der Waals surface area contributed by atoms with Crippen molar-refractivity contribution in [3.63, 3.8) is 0 Å². The van der Waals surface area contributed by atoms with Crippen LogP contribution in [0.15, 0.2) is 27.4 Å². The highest BCUT2D eigenvalue weighted by molar-refractivity contribution is 5.80. The maximum atomic E-state index is 11.5. The first kappa shape index (κ1) is 12.0. The quantitative estimate of drug-likeness (QED) is 0.898. The van der Waals surface area contributed by atoms with Crippen LogP contribution in [0.5, 0.6) is 0 Å². The lowest BCUT2D eigenvalue weighted by atomic mass is 10.1. The first-order valence-electron chi connectivity index (χ1n) is 6.51. The fourth-order valence-corrected chi connectivity index (χ4v) is 2.15. The Morgan fingerprint density at radius 1 is 1.47 bits per heavy atom. The highest BCUT2D eigenvalue weighted by Gasteiger charge is 2.28. The van der Waals surface area contributed by atoms with Crippen molar-refractivity contribution in [3.8, 4) is 0 Å². The molecule has 2 aromatic rings. The third-order valence-electron chi connectivity index (χ3n) is 3.52. The van der Waals surface area contributed by atoms with Gasteiger partial charge in [0.1, 0.15) is 0 Å². The molecule has 1 fully saturated rings. The van der Waals surface area contributed by atoms with E-state index in [4.69, 9.17) is 4.42 Å². The molecule has 0 spiro atoms. The molecule has 0 bridgehead atoms. The van der Waals surface area contributed by atoms with Gasteiger partial charge in [0.2, 0.25) is 5.91 Å². The second kappa shape index (κ2) is 4.57. The first-order valence-corrected chi connectivity index (χ1v) is 6.51. The Morgan fingerprint density at radius 3 is 3.00 bits per heavy atom. The molecule has 1 aromatic heterocycles. The normalized spacial score (nSPS) is 14.8. The number of fused-ring (bicyclic) bond motifs is 1. The summed E-state index contributed by atoms with van der Waals surface area (Å²) in [6.07, 6.45) is 2.80. The minimum atomic E-state index is -0.353. The fourth-order valence-electron chi connectivity index (χ4n) is 2.15.